The largest absolute Gasteiger partial charge is 0.381 e. The zero-order valence-corrected chi connectivity index (χ0v) is 13.1. The number of imidazole rings is 1. The molecule has 0 saturated heterocycles. The molecule has 1 aliphatic heterocycles. The Morgan fingerprint density at radius 3 is 2.67 bits per heavy atom. The Morgan fingerprint density at radius 2 is 1.95 bits per heavy atom. The lowest BCUT2D eigenvalue weighted by Crippen LogP contribution is -2.37. The Bertz CT molecular complexity index is 490. The van der Waals surface area contributed by atoms with Gasteiger partial charge in [0.1, 0.15) is 0 Å². The molecule has 0 N–H and O–H groups in total. The van der Waals surface area contributed by atoms with Crippen molar-refractivity contribution in [2.75, 3.05) is 26.3 Å². The first-order valence-electron chi connectivity index (χ1n) is 8.67. The fourth-order valence-electron chi connectivity index (χ4n) is 3.62. The van der Waals surface area contributed by atoms with Crippen LogP contribution in [0.4, 0.5) is 0 Å². The molecule has 21 heavy (non-hydrogen) atoms. The van der Waals surface area contributed by atoms with E-state index < -0.39 is 0 Å². The zero-order valence-electron chi connectivity index (χ0n) is 13.1. The molecule has 1 aromatic rings. The monoisotopic (exact) mass is 289 g/mol. The summed E-state index contributed by atoms with van der Waals surface area (Å²) in [5.74, 6) is 2.36. The summed E-state index contributed by atoms with van der Waals surface area (Å²) < 4.78 is 8.21. The van der Waals surface area contributed by atoms with Crippen LogP contribution in [0.3, 0.4) is 0 Å². The lowest BCUT2D eigenvalue weighted by Gasteiger charge is -2.33. The van der Waals surface area contributed by atoms with Gasteiger partial charge in [-0.15, -0.1) is 0 Å². The molecule has 0 spiro atoms. The molecule has 0 amide bonds. The molecule has 2 saturated carbocycles. The van der Waals surface area contributed by atoms with Gasteiger partial charge < -0.3 is 9.30 Å². The summed E-state index contributed by atoms with van der Waals surface area (Å²) >= 11 is 0. The maximum Gasteiger partial charge on any atom is 0.0952 e. The topological polar surface area (TPSA) is 30.3 Å². The predicted molar refractivity (Wildman–Crippen MR) is 82.2 cm³/mol. The third kappa shape index (κ3) is 3.16. The summed E-state index contributed by atoms with van der Waals surface area (Å²) in [5, 5.41) is 0. The molecule has 0 radical (unpaired) electrons. The lowest BCUT2D eigenvalue weighted by molar-refractivity contribution is 0.102. The highest BCUT2D eigenvalue weighted by Crippen LogP contribution is 2.36. The van der Waals surface area contributed by atoms with Crippen molar-refractivity contribution < 1.29 is 4.74 Å². The smallest absolute Gasteiger partial charge is 0.0952 e. The van der Waals surface area contributed by atoms with Crippen molar-refractivity contribution >= 4 is 0 Å². The molecule has 4 rings (SSSR count). The van der Waals surface area contributed by atoms with E-state index >= 15 is 0 Å². The van der Waals surface area contributed by atoms with Crippen molar-refractivity contribution in [2.45, 2.75) is 51.6 Å². The first kappa shape index (κ1) is 13.8. The van der Waals surface area contributed by atoms with Crippen LogP contribution in [-0.4, -0.2) is 40.8 Å². The molecule has 1 atom stereocenters. The molecule has 2 aliphatic carbocycles. The number of fused-ring (bicyclic) bond motifs is 1. The molecule has 1 aromatic heterocycles. The molecule has 2 heterocycles. The van der Waals surface area contributed by atoms with Crippen LogP contribution < -0.4 is 0 Å². The molecule has 0 unspecified atom stereocenters. The molecular formula is C17H27N3O. The van der Waals surface area contributed by atoms with Gasteiger partial charge in [-0.1, -0.05) is 0 Å². The molecule has 2 fully saturated rings. The minimum atomic E-state index is 0.508. The summed E-state index contributed by atoms with van der Waals surface area (Å²) in [4.78, 5) is 7.35. The van der Waals surface area contributed by atoms with Gasteiger partial charge in [-0.3, -0.25) is 4.90 Å². The van der Waals surface area contributed by atoms with E-state index in [0.717, 1.165) is 38.1 Å². The van der Waals surface area contributed by atoms with E-state index in [0.29, 0.717) is 5.92 Å². The van der Waals surface area contributed by atoms with Crippen LogP contribution in [0.25, 0.3) is 0 Å². The van der Waals surface area contributed by atoms with Gasteiger partial charge in [0.25, 0.3) is 0 Å². The maximum atomic E-state index is 5.78. The molecular weight excluding hydrogens is 262 g/mol. The second-order valence-electron chi connectivity index (χ2n) is 7.17. The SMILES string of the molecule is CCOC[C@H]1CN(CC2CC2)Cc2ncn(CC3CC3)c21. The van der Waals surface area contributed by atoms with Crippen LogP contribution in [-0.2, 0) is 17.8 Å². The van der Waals surface area contributed by atoms with Crippen LogP contribution in [0, 0.1) is 11.8 Å². The van der Waals surface area contributed by atoms with Gasteiger partial charge in [0.05, 0.1) is 18.6 Å². The third-order valence-electron chi connectivity index (χ3n) is 5.09. The number of hydrogen-bond acceptors (Lipinski definition) is 3. The van der Waals surface area contributed by atoms with Gasteiger partial charge in [0.15, 0.2) is 0 Å². The maximum absolute atomic E-state index is 5.78. The van der Waals surface area contributed by atoms with Gasteiger partial charge in [-0.2, -0.15) is 0 Å². The third-order valence-corrected chi connectivity index (χ3v) is 5.09. The van der Waals surface area contributed by atoms with Crippen LogP contribution in [0.5, 0.6) is 0 Å². The van der Waals surface area contributed by atoms with Gasteiger partial charge in [-0.25, -0.2) is 4.98 Å². The van der Waals surface area contributed by atoms with E-state index in [1.54, 1.807) is 0 Å². The van der Waals surface area contributed by atoms with E-state index in [9.17, 15) is 0 Å². The molecule has 116 valence electrons. The van der Waals surface area contributed by atoms with E-state index in [1.165, 1.54) is 50.2 Å². The first-order chi connectivity index (χ1) is 10.3. The standard InChI is InChI=1S/C17H27N3O/c1-2-21-11-15-9-19(7-13-3-4-13)10-16-17(15)20(12-18-16)8-14-5-6-14/h12-15H,2-11H2,1H3/t15-/m1/s1. The Balaban J connectivity index is 1.53. The highest BCUT2D eigenvalue weighted by Gasteiger charge is 2.34. The van der Waals surface area contributed by atoms with Crippen molar-refractivity contribution in [3.05, 3.63) is 17.7 Å². The Labute approximate surface area is 127 Å². The number of ether oxygens (including phenoxy) is 1. The minimum Gasteiger partial charge on any atom is -0.381 e. The number of aromatic nitrogens is 2. The summed E-state index contributed by atoms with van der Waals surface area (Å²) in [5.41, 5.74) is 2.79. The van der Waals surface area contributed by atoms with E-state index in [4.69, 9.17) is 9.72 Å². The van der Waals surface area contributed by atoms with Gasteiger partial charge in [0, 0.05) is 44.4 Å². The minimum absolute atomic E-state index is 0.508. The zero-order chi connectivity index (χ0) is 14.2. The van der Waals surface area contributed by atoms with Crippen molar-refractivity contribution in [1.29, 1.82) is 0 Å². The highest BCUT2D eigenvalue weighted by molar-refractivity contribution is 5.22. The first-order valence-corrected chi connectivity index (χ1v) is 8.67. The summed E-state index contributed by atoms with van der Waals surface area (Å²) in [6.45, 7) is 8.39. The van der Waals surface area contributed by atoms with Crippen molar-refractivity contribution in [3.63, 3.8) is 0 Å². The average Bonchev–Trinajstić information content (AvgIpc) is 3.38. The number of nitrogens with zero attached hydrogens (tertiary/aromatic N) is 3. The van der Waals surface area contributed by atoms with E-state index in [1.807, 2.05) is 0 Å². The highest BCUT2D eigenvalue weighted by atomic mass is 16.5. The predicted octanol–water partition coefficient (Wildman–Crippen LogP) is 2.64. The lowest BCUT2D eigenvalue weighted by atomic mass is 9.98. The fraction of sp³-hybridized carbons (Fsp3) is 0.824. The molecule has 0 aromatic carbocycles. The van der Waals surface area contributed by atoms with E-state index in [2.05, 4.69) is 22.7 Å². The van der Waals surface area contributed by atoms with Crippen LogP contribution in [0.1, 0.15) is 49.9 Å². The number of rotatable bonds is 7. The second-order valence-corrected chi connectivity index (χ2v) is 7.17. The Kier molecular flexibility index (Phi) is 3.76. The van der Waals surface area contributed by atoms with Crippen LogP contribution >= 0.6 is 0 Å². The van der Waals surface area contributed by atoms with E-state index in [-0.39, 0.29) is 0 Å². The van der Waals surface area contributed by atoms with Crippen LogP contribution in [0.15, 0.2) is 6.33 Å². The molecule has 0 bridgehead atoms. The number of hydrogen-bond donors (Lipinski definition) is 0. The quantitative estimate of drug-likeness (QED) is 0.773. The van der Waals surface area contributed by atoms with Gasteiger partial charge in [0.2, 0.25) is 0 Å². The van der Waals surface area contributed by atoms with Crippen molar-refractivity contribution in [3.8, 4) is 0 Å². The summed E-state index contributed by atoms with van der Waals surface area (Å²) in [7, 11) is 0. The normalized spacial score (nSPS) is 26.0. The molecule has 4 heteroatoms. The fourth-order valence-corrected chi connectivity index (χ4v) is 3.62. The molecule has 3 aliphatic rings. The van der Waals surface area contributed by atoms with Gasteiger partial charge in [-0.05, 0) is 44.4 Å². The summed E-state index contributed by atoms with van der Waals surface area (Å²) in [6, 6.07) is 0. The van der Waals surface area contributed by atoms with Crippen molar-refractivity contribution in [1.82, 2.24) is 14.5 Å². The molecule has 4 nitrogen and oxygen atoms in total. The summed E-state index contributed by atoms with van der Waals surface area (Å²) in [6.07, 6.45) is 7.74. The van der Waals surface area contributed by atoms with Crippen molar-refractivity contribution in [2.24, 2.45) is 11.8 Å². The Morgan fingerprint density at radius 1 is 1.19 bits per heavy atom. The van der Waals surface area contributed by atoms with Crippen LogP contribution in [0.2, 0.25) is 0 Å². The Hall–Kier alpha value is -0.870. The average molecular weight is 289 g/mol. The van der Waals surface area contributed by atoms with Gasteiger partial charge >= 0.3 is 0 Å². The second kappa shape index (κ2) is 5.73.